The topological polar surface area (TPSA) is 124 Å². The van der Waals surface area contributed by atoms with Gasteiger partial charge in [-0.05, 0) is 43.3 Å². The number of ether oxygens (including phenoxy) is 1. The zero-order valence-electron chi connectivity index (χ0n) is 20.3. The van der Waals surface area contributed by atoms with E-state index < -0.39 is 6.04 Å². The fraction of sp³-hybridized carbons (Fsp3) is 0.440. The lowest BCUT2D eigenvalue weighted by Crippen LogP contribution is -2.60. The van der Waals surface area contributed by atoms with Crippen LogP contribution in [0.3, 0.4) is 0 Å². The van der Waals surface area contributed by atoms with E-state index in [9.17, 15) is 19.2 Å². The summed E-state index contributed by atoms with van der Waals surface area (Å²) in [6.45, 7) is 5.24. The number of carbonyl (C=O) groups is 4. The summed E-state index contributed by atoms with van der Waals surface area (Å²) in [7, 11) is 0. The van der Waals surface area contributed by atoms with E-state index in [4.69, 9.17) is 9.15 Å². The smallest absolute Gasteiger partial charge is 0.289 e. The highest BCUT2D eigenvalue weighted by molar-refractivity contribution is 5.97. The van der Waals surface area contributed by atoms with Crippen LogP contribution in [0.15, 0.2) is 47.1 Å². The minimum absolute atomic E-state index is 0.118. The van der Waals surface area contributed by atoms with Crippen LogP contribution in [0.5, 0.6) is 5.75 Å². The standard InChI is InChI=1S/C25H31N5O6/c1-2-35-19-7-5-18(6-8-19)27-22(31)16-20-24(33)26-9-10-30(20)23(32)17-28-11-13-29(14-12-28)25(34)21-4-3-15-36-21/h3-8,15,20H,2,9-14,16-17H2,1H3,(H,26,33)(H,27,31). The number of nitrogens with zero attached hydrogens (tertiary/aromatic N) is 3. The van der Waals surface area contributed by atoms with Crippen molar-refractivity contribution in [3.05, 3.63) is 48.4 Å². The summed E-state index contributed by atoms with van der Waals surface area (Å²) in [5.41, 5.74) is 0.583. The predicted octanol–water partition coefficient (Wildman–Crippen LogP) is 0.792. The third-order valence-corrected chi connectivity index (χ3v) is 6.23. The summed E-state index contributed by atoms with van der Waals surface area (Å²) in [5, 5.41) is 5.53. The second kappa shape index (κ2) is 11.7. The van der Waals surface area contributed by atoms with Crippen molar-refractivity contribution in [3.8, 4) is 5.75 Å². The average molecular weight is 498 g/mol. The maximum atomic E-state index is 13.1. The molecule has 2 aliphatic rings. The van der Waals surface area contributed by atoms with Crippen molar-refractivity contribution in [2.75, 3.05) is 57.7 Å². The molecule has 4 amide bonds. The molecule has 36 heavy (non-hydrogen) atoms. The molecule has 2 N–H and O–H groups in total. The number of rotatable bonds is 8. The molecular weight excluding hydrogens is 466 g/mol. The fourth-order valence-corrected chi connectivity index (χ4v) is 4.35. The number of amides is 4. The molecule has 0 radical (unpaired) electrons. The van der Waals surface area contributed by atoms with Gasteiger partial charge in [-0.25, -0.2) is 0 Å². The van der Waals surface area contributed by atoms with Crippen LogP contribution < -0.4 is 15.4 Å². The molecule has 2 saturated heterocycles. The zero-order valence-corrected chi connectivity index (χ0v) is 20.3. The number of hydrogen-bond acceptors (Lipinski definition) is 7. The van der Waals surface area contributed by atoms with Gasteiger partial charge in [0, 0.05) is 45.0 Å². The minimum Gasteiger partial charge on any atom is -0.494 e. The van der Waals surface area contributed by atoms with Crippen LogP contribution >= 0.6 is 0 Å². The average Bonchev–Trinajstić information content (AvgIpc) is 3.42. The third-order valence-electron chi connectivity index (χ3n) is 6.23. The van der Waals surface area contributed by atoms with Crippen LogP contribution in [0, 0.1) is 0 Å². The van der Waals surface area contributed by atoms with Crippen molar-refractivity contribution in [2.45, 2.75) is 19.4 Å². The van der Waals surface area contributed by atoms with Gasteiger partial charge in [0.1, 0.15) is 11.8 Å². The van der Waals surface area contributed by atoms with E-state index in [1.807, 2.05) is 11.8 Å². The molecule has 0 bridgehead atoms. The number of piperazine rings is 2. The van der Waals surface area contributed by atoms with Gasteiger partial charge in [-0.2, -0.15) is 0 Å². The Morgan fingerprint density at radius 1 is 1.08 bits per heavy atom. The zero-order chi connectivity index (χ0) is 25.5. The lowest BCUT2D eigenvalue weighted by atomic mass is 10.1. The van der Waals surface area contributed by atoms with Gasteiger partial charge in [-0.3, -0.25) is 24.1 Å². The van der Waals surface area contributed by atoms with Gasteiger partial charge in [0.25, 0.3) is 5.91 Å². The van der Waals surface area contributed by atoms with Gasteiger partial charge in [-0.15, -0.1) is 0 Å². The maximum Gasteiger partial charge on any atom is 0.289 e. The Balaban J connectivity index is 1.30. The molecule has 4 rings (SSSR count). The predicted molar refractivity (Wildman–Crippen MR) is 130 cm³/mol. The Morgan fingerprint density at radius 2 is 1.83 bits per heavy atom. The molecule has 0 aliphatic carbocycles. The van der Waals surface area contributed by atoms with E-state index in [2.05, 4.69) is 10.6 Å². The van der Waals surface area contributed by atoms with Gasteiger partial charge in [0.2, 0.25) is 17.7 Å². The normalized spacial score (nSPS) is 18.5. The van der Waals surface area contributed by atoms with Crippen molar-refractivity contribution < 1.29 is 28.3 Å². The minimum atomic E-state index is -0.879. The van der Waals surface area contributed by atoms with Gasteiger partial charge < -0.3 is 29.6 Å². The molecule has 11 heteroatoms. The summed E-state index contributed by atoms with van der Waals surface area (Å²) in [5.74, 6) is -0.0866. The van der Waals surface area contributed by atoms with Crippen LogP contribution in [0.25, 0.3) is 0 Å². The fourth-order valence-electron chi connectivity index (χ4n) is 4.35. The SMILES string of the molecule is CCOc1ccc(NC(=O)CC2C(=O)NCCN2C(=O)CN2CCN(C(=O)c3ccco3)CC2)cc1. The molecule has 2 aliphatic heterocycles. The molecule has 2 aromatic rings. The van der Waals surface area contributed by atoms with Crippen molar-refractivity contribution >= 4 is 29.3 Å². The molecule has 1 aromatic carbocycles. The quantitative estimate of drug-likeness (QED) is 0.553. The lowest BCUT2D eigenvalue weighted by Gasteiger charge is -2.38. The highest BCUT2D eigenvalue weighted by atomic mass is 16.5. The van der Waals surface area contributed by atoms with E-state index in [1.54, 1.807) is 41.3 Å². The Kier molecular flexibility index (Phi) is 8.21. The second-order valence-electron chi connectivity index (χ2n) is 8.65. The van der Waals surface area contributed by atoms with E-state index in [-0.39, 0.29) is 36.6 Å². The second-order valence-corrected chi connectivity index (χ2v) is 8.65. The number of benzene rings is 1. The number of carbonyl (C=O) groups excluding carboxylic acids is 4. The first-order valence-electron chi connectivity index (χ1n) is 12.1. The Labute approximate surface area is 209 Å². The van der Waals surface area contributed by atoms with Crippen LogP contribution in [0.1, 0.15) is 23.9 Å². The molecule has 1 atom stereocenters. The summed E-state index contributed by atoms with van der Waals surface area (Å²) in [6, 6.07) is 9.38. The van der Waals surface area contributed by atoms with E-state index >= 15 is 0 Å². The lowest BCUT2D eigenvalue weighted by molar-refractivity contribution is -0.145. The monoisotopic (exact) mass is 497 g/mol. The van der Waals surface area contributed by atoms with Crippen molar-refractivity contribution in [3.63, 3.8) is 0 Å². The first-order chi connectivity index (χ1) is 17.4. The number of anilines is 1. The summed E-state index contributed by atoms with van der Waals surface area (Å²) in [6.07, 6.45) is 1.32. The Hall–Kier alpha value is -3.86. The molecule has 1 aromatic heterocycles. The molecular formula is C25H31N5O6. The van der Waals surface area contributed by atoms with Crippen molar-refractivity contribution in [1.29, 1.82) is 0 Å². The van der Waals surface area contributed by atoms with Crippen molar-refractivity contribution in [1.82, 2.24) is 20.0 Å². The number of nitrogens with one attached hydrogen (secondary N) is 2. The van der Waals surface area contributed by atoms with Crippen LogP contribution in [-0.4, -0.2) is 96.8 Å². The van der Waals surface area contributed by atoms with Gasteiger partial charge >= 0.3 is 0 Å². The first-order valence-corrected chi connectivity index (χ1v) is 12.1. The Morgan fingerprint density at radius 3 is 2.50 bits per heavy atom. The molecule has 3 heterocycles. The molecule has 192 valence electrons. The molecule has 1 unspecified atom stereocenters. The van der Waals surface area contributed by atoms with Crippen LogP contribution in [0.2, 0.25) is 0 Å². The van der Waals surface area contributed by atoms with Gasteiger partial charge in [0.15, 0.2) is 5.76 Å². The van der Waals surface area contributed by atoms with Crippen LogP contribution in [0.4, 0.5) is 5.69 Å². The van der Waals surface area contributed by atoms with Crippen molar-refractivity contribution in [2.24, 2.45) is 0 Å². The Bertz CT molecular complexity index is 1060. The number of furan rings is 1. The third kappa shape index (κ3) is 6.22. The maximum absolute atomic E-state index is 13.1. The first kappa shape index (κ1) is 25.2. The summed E-state index contributed by atoms with van der Waals surface area (Å²) < 4.78 is 10.6. The summed E-state index contributed by atoms with van der Waals surface area (Å²) >= 11 is 0. The van der Waals surface area contributed by atoms with Crippen LogP contribution in [-0.2, 0) is 14.4 Å². The molecule has 0 saturated carbocycles. The largest absolute Gasteiger partial charge is 0.494 e. The highest BCUT2D eigenvalue weighted by Crippen LogP contribution is 2.17. The van der Waals surface area contributed by atoms with E-state index in [1.165, 1.54) is 11.2 Å². The van der Waals surface area contributed by atoms with E-state index in [0.29, 0.717) is 63.1 Å². The summed E-state index contributed by atoms with van der Waals surface area (Å²) in [4.78, 5) is 56.0. The highest BCUT2D eigenvalue weighted by Gasteiger charge is 2.35. The van der Waals surface area contributed by atoms with Gasteiger partial charge in [0.05, 0.1) is 25.8 Å². The molecule has 0 spiro atoms. The molecule has 11 nitrogen and oxygen atoms in total. The van der Waals surface area contributed by atoms with E-state index in [0.717, 1.165) is 0 Å². The number of hydrogen-bond donors (Lipinski definition) is 2. The molecule has 2 fully saturated rings. The van der Waals surface area contributed by atoms with Gasteiger partial charge in [-0.1, -0.05) is 0 Å².